The van der Waals surface area contributed by atoms with E-state index in [0.717, 1.165) is 38.5 Å². The molecule has 1 aromatic carbocycles. The molecule has 0 aliphatic carbocycles. The van der Waals surface area contributed by atoms with Crippen LogP contribution in [0.3, 0.4) is 0 Å². The summed E-state index contributed by atoms with van der Waals surface area (Å²) in [4.78, 5) is -2.94. The number of rotatable bonds is 14. The molecule has 1 rings (SSSR count). The molecular formula is C18H26F4O5S2. The van der Waals surface area contributed by atoms with Crippen molar-refractivity contribution in [3.8, 4) is 0 Å². The van der Waals surface area contributed by atoms with E-state index in [0.29, 0.717) is 12.8 Å². The smallest absolute Gasteiger partial charge is 0.184 e. The van der Waals surface area contributed by atoms with E-state index in [4.69, 9.17) is 5.26 Å². The normalized spacial score (nSPS) is 13.1. The molecule has 0 amide bonds. The third-order valence-corrected chi connectivity index (χ3v) is 7.07. The minimum Gasteiger partial charge on any atom is -0.223 e. The summed E-state index contributed by atoms with van der Waals surface area (Å²) in [6, 6.07) is 0. The Morgan fingerprint density at radius 2 is 1.45 bits per heavy atom. The number of hydrogen-bond acceptors (Lipinski definition) is 6. The highest BCUT2D eigenvalue weighted by molar-refractivity contribution is 7.94. The zero-order chi connectivity index (χ0) is 22.0. The average Bonchev–Trinajstić information content (AvgIpc) is 2.67. The van der Waals surface area contributed by atoms with Gasteiger partial charge in [-0.1, -0.05) is 57.4 Å². The fourth-order valence-electron chi connectivity index (χ4n) is 3.04. The fourth-order valence-corrected chi connectivity index (χ4v) is 5.31. The van der Waals surface area contributed by atoms with E-state index in [1.807, 2.05) is 13.8 Å². The number of hydrogen-bond donors (Lipinski definition) is 1. The zero-order valence-corrected chi connectivity index (χ0v) is 18.0. The van der Waals surface area contributed by atoms with Crippen LogP contribution in [-0.4, -0.2) is 19.4 Å². The monoisotopic (exact) mass is 462 g/mol. The SMILES string of the molecule is CCCCCCC(CCCC)CS(=O)(=O)c1c(F)c(F)c(SOOO)c(F)c1F. The first-order valence-corrected chi connectivity index (χ1v) is 11.8. The maximum Gasteiger partial charge on any atom is 0.184 e. The molecule has 11 heteroatoms. The molecule has 0 spiro atoms. The predicted molar refractivity (Wildman–Crippen MR) is 101 cm³/mol. The Bertz CT molecular complexity index is 730. The van der Waals surface area contributed by atoms with Crippen molar-refractivity contribution in [3.63, 3.8) is 0 Å². The van der Waals surface area contributed by atoms with Crippen molar-refractivity contribution < 1.29 is 40.6 Å². The maximum absolute atomic E-state index is 14.3. The standard InChI is InChI=1S/C18H26F4O5S2/c1-3-5-7-8-10-12(9-6-4-2)11-29(24,25)18-15(21)13(19)17(28-27-26-23)14(20)16(18)22/h12,23H,3-11H2,1-2H3. The first-order chi connectivity index (χ1) is 13.7. The highest BCUT2D eigenvalue weighted by Crippen LogP contribution is 2.35. The number of unbranched alkanes of at least 4 members (excludes halogenated alkanes) is 4. The van der Waals surface area contributed by atoms with Crippen LogP contribution in [0.2, 0.25) is 0 Å². The van der Waals surface area contributed by atoms with E-state index in [1.54, 1.807) is 0 Å². The molecule has 0 saturated carbocycles. The van der Waals surface area contributed by atoms with Crippen LogP contribution in [0.25, 0.3) is 0 Å². The van der Waals surface area contributed by atoms with Gasteiger partial charge in [0.2, 0.25) is 0 Å². The van der Waals surface area contributed by atoms with Crippen molar-refractivity contribution in [2.24, 2.45) is 5.92 Å². The third kappa shape index (κ3) is 7.39. The molecule has 5 nitrogen and oxygen atoms in total. The Kier molecular flexibility index (Phi) is 11.5. The summed E-state index contributed by atoms with van der Waals surface area (Å²) in [6.45, 7) is 3.97. The second-order valence-electron chi connectivity index (χ2n) is 6.78. The largest absolute Gasteiger partial charge is 0.223 e. The quantitative estimate of drug-likeness (QED) is 0.0883. The second-order valence-corrected chi connectivity index (χ2v) is 9.46. The summed E-state index contributed by atoms with van der Waals surface area (Å²) in [5.74, 6) is -8.94. The Balaban J connectivity index is 3.18. The molecule has 1 unspecified atom stereocenters. The van der Waals surface area contributed by atoms with Gasteiger partial charge < -0.3 is 0 Å². The van der Waals surface area contributed by atoms with Crippen molar-refractivity contribution in [3.05, 3.63) is 23.3 Å². The average molecular weight is 463 g/mol. The van der Waals surface area contributed by atoms with Gasteiger partial charge in [-0.2, -0.15) is 0 Å². The van der Waals surface area contributed by atoms with E-state index in [9.17, 15) is 26.0 Å². The number of sulfone groups is 1. The first kappa shape index (κ1) is 26.2. The van der Waals surface area contributed by atoms with Gasteiger partial charge in [0, 0.05) is 0 Å². The summed E-state index contributed by atoms with van der Waals surface area (Å²) in [6.07, 6.45) is 6.29. The van der Waals surface area contributed by atoms with Gasteiger partial charge in [0.1, 0.15) is 9.79 Å². The summed E-state index contributed by atoms with van der Waals surface area (Å²) in [5.41, 5.74) is 0. The van der Waals surface area contributed by atoms with Gasteiger partial charge in [-0.15, -0.1) is 4.33 Å². The van der Waals surface area contributed by atoms with Crippen LogP contribution >= 0.6 is 12.0 Å². The molecule has 0 aromatic heterocycles. The van der Waals surface area contributed by atoms with Crippen LogP contribution < -0.4 is 0 Å². The maximum atomic E-state index is 14.3. The lowest BCUT2D eigenvalue weighted by Crippen LogP contribution is -2.21. The lowest BCUT2D eigenvalue weighted by Gasteiger charge is -2.18. The van der Waals surface area contributed by atoms with E-state index < -0.39 is 48.6 Å². The van der Waals surface area contributed by atoms with Crippen molar-refractivity contribution in [2.75, 3.05) is 5.75 Å². The molecule has 0 heterocycles. The lowest BCUT2D eigenvalue weighted by molar-refractivity contribution is -0.432. The minimum atomic E-state index is -4.64. The van der Waals surface area contributed by atoms with Crippen LogP contribution in [0, 0.1) is 29.2 Å². The van der Waals surface area contributed by atoms with Crippen molar-refractivity contribution in [1.82, 2.24) is 0 Å². The molecule has 0 fully saturated rings. The summed E-state index contributed by atoms with van der Waals surface area (Å²) < 4.78 is 86.0. The first-order valence-electron chi connectivity index (χ1n) is 9.44. The number of benzene rings is 1. The second kappa shape index (κ2) is 12.7. The van der Waals surface area contributed by atoms with Crippen LogP contribution in [0.5, 0.6) is 0 Å². The van der Waals surface area contributed by atoms with Crippen molar-refractivity contribution in [2.45, 2.75) is 75.0 Å². The zero-order valence-electron chi connectivity index (χ0n) is 16.3. The van der Waals surface area contributed by atoms with Crippen LogP contribution in [0.15, 0.2) is 9.79 Å². The van der Waals surface area contributed by atoms with E-state index >= 15 is 0 Å². The van der Waals surface area contributed by atoms with Gasteiger partial charge in [-0.3, -0.25) is 0 Å². The highest BCUT2D eigenvalue weighted by atomic mass is 32.2. The van der Waals surface area contributed by atoms with Crippen LogP contribution in [0.4, 0.5) is 17.6 Å². The Morgan fingerprint density at radius 1 is 0.897 bits per heavy atom. The molecule has 168 valence electrons. The van der Waals surface area contributed by atoms with E-state index in [2.05, 4.69) is 9.37 Å². The molecular weight excluding hydrogens is 436 g/mol. The van der Waals surface area contributed by atoms with Gasteiger partial charge in [0.15, 0.2) is 33.1 Å². The molecule has 0 aliphatic heterocycles. The number of halogens is 4. The molecule has 29 heavy (non-hydrogen) atoms. The molecule has 1 N–H and O–H groups in total. The molecule has 1 atom stereocenters. The van der Waals surface area contributed by atoms with Gasteiger partial charge in [0.05, 0.1) is 17.8 Å². The van der Waals surface area contributed by atoms with Gasteiger partial charge in [-0.25, -0.2) is 31.2 Å². The molecule has 0 radical (unpaired) electrons. The summed E-state index contributed by atoms with van der Waals surface area (Å²) in [7, 11) is -4.64. The van der Waals surface area contributed by atoms with Gasteiger partial charge in [0.25, 0.3) is 0 Å². The highest BCUT2D eigenvalue weighted by Gasteiger charge is 2.35. The Morgan fingerprint density at radius 3 is 1.97 bits per heavy atom. The van der Waals surface area contributed by atoms with Crippen molar-refractivity contribution >= 4 is 21.9 Å². The molecule has 0 aliphatic rings. The van der Waals surface area contributed by atoms with E-state index in [1.165, 1.54) is 0 Å². The van der Waals surface area contributed by atoms with Crippen molar-refractivity contribution in [1.29, 1.82) is 0 Å². The summed E-state index contributed by atoms with van der Waals surface area (Å²) >= 11 is -0.335. The Labute approximate surface area is 172 Å². The Hall–Kier alpha value is -0.880. The van der Waals surface area contributed by atoms with Crippen LogP contribution in [-0.2, 0) is 19.2 Å². The van der Waals surface area contributed by atoms with Gasteiger partial charge in [-0.05, 0) is 18.8 Å². The lowest BCUT2D eigenvalue weighted by atomic mass is 9.97. The predicted octanol–water partition coefficient (Wildman–Crippen LogP) is 6.22. The minimum absolute atomic E-state index is 0.335. The molecule has 0 bridgehead atoms. The fraction of sp³-hybridized carbons (Fsp3) is 0.667. The van der Waals surface area contributed by atoms with Gasteiger partial charge >= 0.3 is 0 Å². The topological polar surface area (TPSA) is 72.8 Å². The third-order valence-electron chi connectivity index (χ3n) is 4.53. The summed E-state index contributed by atoms with van der Waals surface area (Å²) in [5, 5.41) is 11.2. The van der Waals surface area contributed by atoms with E-state index in [-0.39, 0.29) is 18.0 Å². The van der Waals surface area contributed by atoms with Crippen LogP contribution in [0.1, 0.15) is 65.2 Å². The molecule has 0 saturated heterocycles. The molecule has 1 aromatic rings.